The number of hydrogen-bond acceptors (Lipinski definition) is 2. The van der Waals surface area contributed by atoms with Crippen LogP contribution >= 0.6 is 0 Å². The highest BCUT2D eigenvalue weighted by Crippen LogP contribution is 2.20. The molecule has 0 aromatic heterocycles. The number of aliphatic carboxylic acids is 1. The lowest BCUT2D eigenvalue weighted by Crippen LogP contribution is -1.82. The van der Waals surface area contributed by atoms with Gasteiger partial charge < -0.3 is 10.2 Å². The van der Waals surface area contributed by atoms with Crippen LogP contribution in [0.3, 0.4) is 0 Å². The third-order valence-corrected chi connectivity index (χ3v) is 1.96. The van der Waals surface area contributed by atoms with Crippen molar-refractivity contribution in [1.82, 2.24) is 0 Å². The first-order chi connectivity index (χ1) is 6.04. The highest BCUT2D eigenvalue weighted by Gasteiger charge is 2.04. The van der Waals surface area contributed by atoms with E-state index in [-0.39, 0.29) is 0 Å². The third kappa shape index (κ3) is 7.37. The van der Waals surface area contributed by atoms with Crippen molar-refractivity contribution in [2.24, 2.45) is 0 Å². The van der Waals surface area contributed by atoms with Crippen LogP contribution in [-0.4, -0.2) is 16.2 Å². The van der Waals surface area contributed by atoms with Crippen LogP contribution in [0.15, 0.2) is 11.3 Å². The minimum atomic E-state index is -0.833. The van der Waals surface area contributed by atoms with Gasteiger partial charge in [-0.1, -0.05) is 6.42 Å². The first-order valence-electron chi connectivity index (χ1n) is 4.61. The summed E-state index contributed by atoms with van der Waals surface area (Å²) in [6, 6.07) is 0. The first kappa shape index (κ1) is 12.0. The van der Waals surface area contributed by atoms with Gasteiger partial charge in [-0.2, -0.15) is 0 Å². The Bertz CT molecular complexity index is 176. The van der Waals surface area contributed by atoms with Crippen molar-refractivity contribution in [1.29, 1.82) is 0 Å². The second-order valence-corrected chi connectivity index (χ2v) is 3.31. The molecule has 0 fully saturated rings. The van der Waals surface area contributed by atoms with Crippen molar-refractivity contribution in [2.75, 3.05) is 0 Å². The van der Waals surface area contributed by atoms with Crippen LogP contribution in [0.1, 0.15) is 46.0 Å². The van der Waals surface area contributed by atoms with E-state index in [9.17, 15) is 5.11 Å². The molecule has 0 aromatic carbocycles. The number of hydrogen-bond donors (Lipinski definition) is 2. The molecule has 0 spiro atoms. The van der Waals surface area contributed by atoms with Gasteiger partial charge in [0.05, 0.1) is 5.76 Å². The van der Waals surface area contributed by atoms with Crippen LogP contribution in [0, 0.1) is 0 Å². The van der Waals surface area contributed by atoms with Crippen molar-refractivity contribution in [3.05, 3.63) is 11.3 Å². The molecule has 3 nitrogen and oxygen atoms in total. The lowest BCUT2D eigenvalue weighted by molar-refractivity contribution is -0.134. The Morgan fingerprint density at radius 1 is 1.23 bits per heavy atom. The molecule has 0 unspecified atom stereocenters. The summed E-state index contributed by atoms with van der Waals surface area (Å²) < 4.78 is 0. The summed E-state index contributed by atoms with van der Waals surface area (Å²) in [6.07, 6.45) is 5.72. The largest absolute Gasteiger partial charge is 0.512 e. The van der Waals surface area contributed by atoms with Crippen molar-refractivity contribution >= 4 is 5.97 Å². The smallest absolute Gasteiger partial charge is 0.300 e. The number of carboxylic acid groups (broad SMARTS) is 1. The number of rotatable bonds is 0. The van der Waals surface area contributed by atoms with E-state index in [1.54, 1.807) is 0 Å². The molecule has 2 N–H and O–H groups in total. The molecule has 0 atom stereocenters. The second-order valence-electron chi connectivity index (χ2n) is 3.31. The summed E-state index contributed by atoms with van der Waals surface area (Å²) in [4.78, 5) is 9.00. The van der Waals surface area contributed by atoms with Gasteiger partial charge in [-0.25, -0.2) is 0 Å². The number of allylic oxidation sites excluding steroid dienone is 2. The van der Waals surface area contributed by atoms with Crippen LogP contribution in [0.2, 0.25) is 0 Å². The SMILES string of the molecule is CC(=O)O.CC1=C(O)CCCCC1. The topological polar surface area (TPSA) is 57.5 Å². The molecule has 0 saturated heterocycles. The molecule has 0 radical (unpaired) electrons. The van der Waals surface area contributed by atoms with Gasteiger partial charge in [0, 0.05) is 13.3 Å². The number of carboxylic acids is 1. The van der Waals surface area contributed by atoms with Crippen LogP contribution in [0.5, 0.6) is 0 Å². The molecule has 76 valence electrons. The van der Waals surface area contributed by atoms with Gasteiger partial charge >= 0.3 is 0 Å². The molecule has 0 aliphatic heterocycles. The first-order valence-corrected chi connectivity index (χ1v) is 4.61. The Balaban J connectivity index is 0.000000310. The predicted octanol–water partition coefficient (Wildman–Crippen LogP) is 2.87. The number of aliphatic hydroxyl groups is 1. The van der Waals surface area contributed by atoms with E-state index in [2.05, 4.69) is 0 Å². The van der Waals surface area contributed by atoms with Crippen molar-refractivity contribution < 1.29 is 15.0 Å². The molecule has 13 heavy (non-hydrogen) atoms. The average molecular weight is 186 g/mol. The summed E-state index contributed by atoms with van der Waals surface area (Å²) in [5, 5.41) is 16.7. The Hall–Kier alpha value is -0.990. The maximum absolute atomic E-state index is 9.24. The quantitative estimate of drug-likeness (QED) is 0.611. The average Bonchev–Trinajstić information content (AvgIpc) is 2.16. The molecule has 0 aromatic rings. The van der Waals surface area contributed by atoms with Crippen molar-refractivity contribution in [3.8, 4) is 0 Å². The molecule has 0 saturated carbocycles. The number of carbonyl (C=O) groups is 1. The van der Waals surface area contributed by atoms with Crippen LogP contribution in [-0.2, 0) is 4.79 Å². The molecule has 1 aliphatic rings. The molecule has 0 amide bonds. The van der Waals surface area contributed by atoms with Gasteiger partial charge in [0.2, 0.25) is 0 Å². The summed E-state index contributed by atoms with van der Waals surface area (Å²) in [5.74, 6) is -0.187. The van der Waals surface area contributed by atoms with Gasteiger partial charge in [-0.3, -0.25) is 4.79 Å². The zero-order valence-corrected chi connectivity index (χ0v) is 8.34. The maximum atomic E-state index is 9.24. The summed E-state index contributed by atoms with van der Waals surface area (Å²) in [6.45, 7) is 3.11. The maximum Gasteiger partial charge on any atom is 0.300 e. The number of aliphatic hydroxyl groups excluding tert-OH is 1. The zero-order valence-electron chi connectivity index (χ0n) is 8.34. The lowest BCUT2D eigenvalue weighted by atomic mass is 10.1. The van der Waals surface area contributed by atoms with Gasteiger partial charge in [0.15, 0.2) is 0 Å². The van der Waals surface area contributed by atoms with E-state index in [1.807, 2.05) is 6.92 Å². The molecule has 1 rings (SSSR count). The Kier molecular flexibility index (Phi) is 6.02. The van der Waals surface area contributed by atoms with Gasteiger partial charge in [0.25, 0.3) is 5.97 Å². The fraction of sp³-hybridized carbons (Fsp3) is 0.700. The van der Waals surface area contributed by atoms with Gasteiger partial charge in [-0.15, -0.1) is 0 Å². The van der Waals surface area contributed by atoms with E-state index < -0.39 is 5.97 Å². The molecular formula is C10H18O3. The highest BCUT2D eigenvalue weighted by molar-refractivity contribution is 5.62. The fourth-order valence-corrected chi connectivity index (χ4v) is 1.22. The fourth-order valence-electron chi connectivity index (χ4n) is 1.22. The monoisotopic (exact) mass is 186 g/mol. The van der Waals surface area contributed by atoms with E-state index in [0.717, 1.165) is 19.8 Å². The van der Waals surface area contributed by atoms with E-state index >= 15 is 0 Å². The lowest BCUT2D eigenvalue weighted by Gasteiger charge is -1.97. The van der Waals surface area contributed by atoms with Gasteiger partial charge in [0.1, 0.15) is 0 Å². The Morgan fingerprint density at radius 2 is 1.69 bits per heavy atom. The van der Waals surface area contributed by atoms with Gasteiger partial charge in [-0.05, 0) is 31.8 Å². The summed E-state index contributed by atoms with van der Waals surface area (Å²) in [5.41, 5.74) is 1.20. The second kappa shape index (κ2) is 6.52. The van der Waals surface area contributed by atoms with Crippen LogP contribution < -0.4 is 0 Å². The van der Waals surface area contributed by atoms with E-state index in [1.165, 1.54) is 24.8 Å². The molecule has 1 aliphatic carbocycles. The van der Waals surface area contributed by atoms with Crippen LogP contribution in [0.25, 0.3) is 0 Å². The van der Waals surface area contributed by atoms with E-state index in [0.29, 0.717) is 5.76 Å². The standard InChI is InChI=1S/C8H14O.C2H4O2/c1-7-5-3-2-4-6-8(7)9;1-2(3)4/h9H,2-6H2,1H3;1H3,(H,3,4). The van der Waals surface area contributed by atoms with Crippen LogP contribution in [0.4, 0.5) is 0 Å². The zero-order chi connectivity index (χ0) is 10.3. The van der Waals surface area contributed by atoms with Crippen molar-refractivity contribution in [3.63, 3.8) is 0 Å². The molecule has 3 heteroatoms. The third-order valence-electron chi connectivity index (χ3n) is 1.96. The van der Waals surface area contributed by atoms with Crippen molar-refractivity contribution in [2.45, 2.75) is 46.0 Å². The summed E-state index contributed by atoms with van der Waals surface area (Å²) in [7, 11) is 0. The van der Waals surface area contributed by atoms with E-state index in [4.69, 9.17) is 9.90 Å². The minimum absolute atomic E-state index is 0.646. The summed E-state index contributed by atoms with van der Waals surface area (Å²) >= 11 is 0. The normalized spacial score (nSPS) is 17.1. The molecule has 0 heterocycles. The Morgan fingerprint density at radius 3 is 2.23 bits per heavy atom. The Labute approximate surface area is 79.1 Å². The minimum Gasteiger partial charge on any atom is -0.512 e. The molecule has 0 bridgehead atoms. The highest BCUT2D eigenvalue weighted by atomic mass is 16.4. The predicted molar refractivity (Wildman–Crippen MR) is 51.7 cm³/mol. The molecular weight excluding hydrogens is 168 g/mol.